The summed E-state index contributed by atoms with van der Waals surface area (Å²) in [4.78, 5) is 23.1. The molecule has 0 aromatic heterocycles. The summed E-state index contributed by atoms with van der Waals surface area (Å²) >= 11 is 0. The van der Waals surface area contributed by atoms with Crippen LogP contribution in [0.5, 0.6) is 0 Å². The van der Waals surface area contributed by atoms with Crippen LogP contribution in [0.15, 0.2) is 18.2 Å². The monoisotopic (exact) mass is 270 g/mol. The van der Waals surface area contributed by atoms with Crippen LogP contribution in [0.4, 0.5) is 25.4 Å². The van der Waals surface area contributed by atoms with Crippen molar-refractivity contribution in [2.24, 2.45) is 0 Å². The first-order valence-corrected chi connectivity index (χ1v) is 5.43. The zero-order chi connectivity index (χ0) is 14.8. The molecule has 0 aliphatic rings. The molecule has 0 unspecified atom stereocenters. The predicted molar refractivity (Wildman–Crippen MR) is 67.6 cm³/mol. The van der Waals surface area contributed by atoms with E-state index in [2.05, 4.69) is 0 Å². The van der Waals surface area contributed by atoms with Gasteiger partial charge in [-0.2, -0.15) is 4.90 Å². The van der Waals surface area contributed by atoms with Crippen LogP contribution in [-0.4, -0.2) is 22.9 Å². The highest BCUT2D eigenvalue weighted by molar-refractivity contribution is 6.09. The molecule has 1 aromatic carbocycles. The van der Waals surface area contributed by atoms with Crippen molar-refractivity contribution in [3.8, 4) is 0 Å². The Morgan fingerprint density at radius 1 is 1.37 bits per heavy atom. The molecule has 1 rings (SSSR count). The van der Waals surface area contributed by atoms with Crippen molar-refractivity contribution in [3.05, 3.63) is 24.0 Å². The normalized spacial score (nSPS) is 10.9. The summed E-state index contributed by atoms with van der Waals surface area (Å²) in [6.07, 6.45) is -2.84. The predicted octanol–water partition coefficient (Wildman–Crippen LogP) is 2.83. The number of halogens is 1. The van der Waals surface area contributed by atoms with Gasteiger partial charge in [-0.3, -0.25) is 0 Å². The highest BCUT2D eigenvalue weighted by atomic mass is 19.1. The number of amides is 2. The van der Waals surface area contributed by atoms with Gasteiger partial charge in [0.2, 0.25) is 0 Å². The maximum atomic E-state index is 13.6. The number of hydrogen-bond donors (Lipinski definition) is 2. The average Bonchev–Trinajstić information content (AvgIpc) is 2.20. The summed E-state index contributed by atoms with van der Waals surface area (Å²) in [7, 11) is 0. The quantitative estimate of drug-likeness (QED) is 0.765. The number of ether oxygens (including phenoxy) is 1. The molecule has 6 nitrogen and oxygen atoms in total. The molecule has 0 aliphatic heterocycles. The molecule has 0 radical (unpaired) electrons. The summed E-state index contributed by atoms with van der Waals surface area (Å²) < 4.78 is 18.5. The molecule has 0 saturated heterocycles. The number of anilines is 2. The highest BCUT2D eigenvalue weighted by Gasteiger charge is 2.30. The largest absolute Gasteiger partial charge is 0.464 e. The maximum Gasteiger partial charge on any atom is 0.424 e. The van der Waals surface area contributed by atoms with E-state index in [0.29, 0.717) is 0 Å². The summed E-state index contributed by atoms with van der Waals surface area (Å²) in [5.74, 6) is -0.887. The first-order chi connectivity index (χ1) is 8.61. The van der Waals surface area contributed by atoms with Gasteiger partial charge in [0.15, 0.2) is 0 Å². The number of nitrogens with zero attached hydrogens (tertiary/aromatic N) is 1. The molecule has 0 fully saturated rings. The minimum atomic E-state index is -1.65. The van der Waals surface area contributed by atoms with E-state index in [1.165, 1.54) is 6.07 Å². The zero-order valence-corrected chi connectivity index (χ0v) is 10.8. The minimum Gasteiger partial charge on any atom is -0.464 e. The van der Waals surface area contributed by atoms with Crippen molar-refractivity contribution in [1.29, 1.82) is 0 Å². The summed E-state index contributed by atoms with van der Waals surface area (Å²) in [5, 5.41) is 9.03. The SMILES string of the molecule is CC(C)(C)OC(=O)N(C(=O)O)c1cc(N)ccc1F. The number of imide groups is 1. The third-order valence-electron chi connectivity index (χ3n) is 1.98. The molecule has 3 N–H and O–H groups in total. The van der Waals surface area contributed by atoms with Crippen molar-refractivity contribution in [2.75, 3.05) is 10.6 Å². The van der Waals surface area contributed by atoms with Crippen molar-refractivity contribution >= 4 is 23.6 Å². The van der Waals surface area contributed by atoms with Crippen LogP contribution in [0.25, 0.3) is 0 Å². The van der Waals surface area contributed by atoms with E-state index in [4.69, 9.17) is 15.6 Å². The Hall–Kier alpha value is -2.31. The second kappa shape index (κ2) is 5.13. The molecular weight excluding hydrogens is 255 g/mol. The van der Waals surface area contributed by atoms with Crippen LogP contribution in [0.3, 0.4) is 0 Å². The van der Waals surface area contributed by atoms with E-state index < -0.39 is 29.3 Å². The van der Waals surface area contributed by atoms with Crippen LogP contribution in [-0.2, 0) is 4.74 Å². The lowest BCUT2D eigenvalue weighted by Gasteiger charge is -2.24. The number of carbonyl (C=O) groups is 2. The molecule has 0 aliphatic carbocycles. The van der Waals surface area contributed by atoms with Crippen molar-refractivity contribution < 1.29 is 23.8 Å². The van der Waals surface area contributed by atoms with Gasteiger partial charge in [-0.25, -0.2) is 14.0 Å². The lowest BCUT2D eigenvalue weighted by Crippen LogP contribution is -2.40. The van der Waals surface area contributed by atoms with Crippen molar-refractivity contribution in [1.82, 2.24) is 0 Å². The van der Waals surface area contributed by atoms with Gasteiger partial charge in [-0.05, 0) is 39.0 Å². The summed E-state index contributed by atoms with van der Waals surface area (Å²) in [6.45, 7) is 4.71. The van der Waals surface area contributed by atoms with Crippen LogP contribution >= 0.6 is 0 Å². The van der Waals surface area contributed by atoms with Gasteiger partial charge in [0.05, 0.1) is 5.69 Å². The number of benzene rings is 1. The topological polar surface area (TPSA) is 92.9 Å². The van der Waals surface area contributed by atoms with Gasteiger partial charge in [0.25, 0.3) is 0 Å². The standard InChI is InChI=1S/C12H15FN2O4/c1-12(2,3)19-11(18)15(10(16)17)9-6-7(14)4-5-8(9)13/h4-6H,14H2,1-3H3,(H,16,17). The summed E-state index contributed by atoms with van der Waals surface area (Å²) in [5.41, 5.74) is 4.21. The van der Waals surface area contributed by atoms with Gasteiger partial charge in [0.1, 0.15) is 11.4 Å². The Kier molecular flexibility index (Phi) is 3.98. The van der Waals surface area contributed by atoms with Crippen LogP contribution < -0.4 is 10.6 Å². The van der Waals surface area contributed by atoms with Crippen LogP contribution in [0.2, 0.25) is 0 Å². The minimum absolute atomic E-state index is 0.131. The third kappa shape index (κ3) is 3.84. The molecule has 1 aromatic rings. The fourth-order valence-corrected chi connectivity index (χ4v) is 1.29. The van der Waals surface area contributed by atoms with Crippen molar-refractivity contribution in [2.45, 2.75) is 26.4 Å². The molecule has 0 atom stereocenters. The second-order valence-corrected chi connectivity index (χ2v) is 4.81. The van der Waals surface area contributed by atoms with E-state index in [0.717, 1.165) is 12.1 Å². The van der Waals surface area contributed by atoms with Crippen LogP contribution in [0.1, 0.15) is 20.8 Å². The summed E-state index contributed by atoms with van der Waals surface area (Å²) in [6, 6.07) is 3.28. The van der Waals surface area contributed by atoms with Gasteiger partial charge in [-0.1, -0.05) is 0 Å². The lowest BCUT2D eigenvalue weighted by molar-refractivity contribution is 0.0581. The second-order valence-electron chi connectivity index (χ2n) is 4.81. The Morgan fingerprint density at radius 2 is 1.95 bits per heavy atom. The number of carboxylic acid groups (broad SMARTS) is 1. The van der Waals surface area contributed by atoms with Crippen molar-refractivity contribution in [3.63, 3.8) is 0 Å². The smallest absolute Gasteiger partial charge is 0.424 e. The lowest BCUT2D eigenvalue weighted by atomic mass is 10.2. The molecule has 104 valence electrons. The van der Waals surface area contributed by atoms with E-state index in [1.807, 2.05) is 0 Å². The number of nitrogens with two attached hydrogens (primary N) is 1. The molecule has 0 spiro atoms. The molecular formula is C12H15FN2O4. The Bertz CT molecular complexity index is 511. The van der Waals surface area contributed by atoms with E-state index >= 15 is 0 Å². The van der Waals surface area contributed by atoms with Gasteiger partial charge >= 0.3 is 12.2 Å². The maximum absolute atomic E-state index is 13.6. The number of carbonyl (C=O) groups excluding carboxylic acids is 1. The molecule has 19 heavy (non-hydrogen) atoms. The molecule has 7 heteroatoms. The Labute approximate surface area is 109 Å². The van der Waals surface area contributed by atoms with E-state index in [-0.39, 0.29) is 10.6 Å². The zero-order valence-electron chi connectivity index (χ0n) is 10.8. The third-order valence-corrected chi connectivity index (χ3v) is 1.98. The van der Waals surface area contributed by atoms with E-state index in [1.54, 1.807) is 20.8 Å². The van der Waals surface area contributed by atoms with Gasteiger partial charge in [-0.15, -0.1) is 0 Å². The molecule has 0 bridgehead atoms. The Balaban J connectivity index is 3.18. The fourth-order valence-electron chi connectivity index (χ4n) is 1.29. The highest BCUT2D eigenvalue weighted by Crippen LogP contribution is 2.24. The fraction of sp³-hybridized carbons (Fsp3) is 0.333. The number of rotatable bonds is 1. The number of hydrogen-bond acceptors (Lipinski definition) is 4. The molecule has 2 amide bonds. The number of nitrogen functional groups attached to an aromatic ring is 1. The van der Waals surface area contributed by atoms with Crippen LogP contribution in [0, 0.1) is 5.82 Å². The average molecular weight is 270 g/mol. The van der Waals surface area contributed by atoms with E-state index in [9.17, 15) is 14.0 Å². The van der Waals surface area contributed by atoms with Gasteiger partial charge in [0, 0.05) is 5.69 Å². The first kappa shape index (κ1) is 14.7. The first-order valence-electron chi connectivity index (χ1n) is 5.43. The Morgan fingerprint density at radius 3 is 2.42 bits per heavy atom. The molecule has 0 heterocycles. The molecule has 0 saturated carbocycles. The van der Waals surface area contributed by atoms with Gasteiger partial charge < -0.3 is 15.6 Å².